The van der Waals surface area contributed by atoms with Crippen LogP contribution < -0.4 is 5.32 Å². The van der Waals surface area contributed by atoms with Crippen molar-refractivity contribution < 1.29 is 14.7 Å². The van der Waals surface area contributed by atoms with Crippen LogP contribution in [-0.4, -0.2) is 36.5 Å². The van der Waals surface area contributed by atoms with Gasteiger partial charge in [0.25, 0.3) is 5.91 Å². The van der Waals surface area contributed by atoms with E-state index in [1.165, 1.54) is 11.7 Å². The van der Waals surface area contributed by atoms with Crippen LogP contribution in [0.25, 0.3) is 0 Å². The van der Waals surface area contributed by atoms with Gasteiger partial charge in [0.05, 0.1) is 18.4 Å². The molecule has 0 aliphatic heterocycles. The third-order valence-electron chi connectivity index (χ3n) is 2.92. The van der Waals surface area contributed by atoms with Crippen molar-refractivity contribution in [3.8, 4) is 0 Å². The van der Waals surface area contributed by atoms with Gasteiger partial charge in [0.1, 0.15) is 11.3 Å². The first-order valence-electron chi connectivity index (χ1n) is 6.08. The zero-order valence-electron chi connectivity index (χ0n) is 11.2. The molecule has 106 valence electrons. The molecule has 0 spiro atoms. The highest BCUT2D eigenvalue weighted by Gasteiger charge is 2.21. The smallest absolute Gasteiger partial charge is 0.339 e. The van der Waals surface area contributed by atoms with Crippen molar-refractivity contribution in [1.29, 1.82) is 0 Å². The molecular formula is C12H15N5O3. The van der Waals surface area contributed by atoms with Gasteiger partial charge in [-0.2, -0.15) is 10.2 Å². The SMILES string of the molecule is CCn1nccc1CNC(=O)c1c(C(=O)O)cnn1C. The molecule has 0 unspecified atom stereocenters. The van der Waals surface area contributed by atoms with Crippen LogP contribution in [0.3, 0.4) is 0 Å². The van der Waals surface area contributed by atoms with Crippen molar-refractivity contribution in [3.05, 3.63) is 35.4 Å². The Morgan fingerprint density at radius 2 is 2.15 bits per heavy atom. The molecule has 8 heteroatoms. The van der Waals surface area contributed by atoms with E-state index in [-0.39, 0.29) is 17.8 Å². The van der Waals surface area contributed by atoms with Gasteiger partial charge in [0.15, 0.2) is 0 Å². The second kappa shape index (κ2) is 5.55. The zero-order chi connectivity index (χ0) is 14.7. The molecule has 0 aliphatic rings. The van der Waals surface area contributed by atoms with E-state index in [0.717, 1.165) is 11.9 Å². The number of rotatable bonds is 5. The molecule has 0 saturated heterocycles. The summed E-state index contributed by atoms with van der Waals surface area (Å²) in [6.07, 6.45) is 2.81. The third-order valence-corrected chi connectivity index (χ3v) is 2.92. The number of aryl methyl sites for hydroxylation is 2. The van der Waals surface area contributed by atoms with Crippen molar-refractivity contribution >= 4 is 11.9 Å². The minimum Gasteiger partial charge on any atom is -0.478 e. The molecule has 1 amide bonds. The lowest BCUT2D eigenvalue weighted by atomic mass is 10.2. The van der Waals surface area contributed by atoms with Crippen LogP contribution in [0.4, 0.5) is 0 Å². The molecule has 2 aromatic heterocycles. The molecule has 2 rings (SSSR count). The van der Waals surface area contributed by atoms with E-state index < -0.39 is 11.9 Å². The standard InChI is InChI=1S/C12H15N5O3/c1-3-17-8(4-5-14-17)6-13-11(18)10-9(12(19)20)7-15-16(10)2/h4-5,7H,3,6H2,1-2H3,(H,13,18)(H,19,20). The number of hydrogen-bond acceptors (Lipinski definition) is 4. The number of carboxylic acids is 1. The number of carbonyl (C=O) groups is 2. The average Bonchev–Trinajstić information content (AvgIpc) is 3.01. The molecule has 2 heterocycles. The highest BCUT2D eigenvalue weighted by molar-refractivity contribution is 6.03. The first-order chi connectivity index (χ1) is 9.54. The number of aromatic carboxylic acids is 1. The lowest BCUT2D eigenvalue weighted by Crippen LogP contribution is -2.28. The number of nitrogens with one attached hydrogen (secondary N) is 1. The monoisotopic (exact) mass is 277 g/mol. The highest BCUT2D eigenvalue weighted by Crippen LogP contribution is 2.08. The number of carboxylic acid groups (broad SMARTS) is 1. The van der Waals surface area contributed by atoms with Gasteiger partial charge >= 0.3 is 5.97 Å². The summed E-state index contributed by atoms with van der Waals surface area (Å²) in [4.78, 5) is 23.1. The zero-order valence-corrected chi connectivity index (χ0v) is 11.2. The van der Waals surface area contributed by atoms with E-state index in [2.05, 4.69) is 15.5 Å². The van der Waals surface area contributed by atoms with Gasteiger partial charge in [0.2, 0.25) is 0 Å². The molecule has 8 nitrogen and oxygen atoms in total. The summed E-state index contributed by atoms with van der Waals surface area (Å²) in [6.45, 7) is 2.92. The van der Waals surface area contributed by atoms with Crippen molar-refractivity contribution in [2.24, 2.45) is 7.05 Å². The molecule has 0 bridgehead atoms. The predicted molar refractivity (Wildman–Crippen MR) is 69.2 cm³/mol. The van der Waals surface area contributed by atoms with Crippen molar-refractivity contribution in [2.45, 2.75) is 20.0 Å². The minimum absolute atomic E-state index is 0.0278. The van der Waals surface area contributed by atoms with E-state index in [1.807, 2.05) is 6.92 Å². The van der Waals surface area contributed by atoms with Crippen LogP contribution in [0, 0.1) is 0 Å². The van der Waals surface area contributed by atoms with E-state index in [9.17, 15) is 9.59 Å². The van der Waals surface area contributed by atoms with Crippen molar-refractivity contribution in [2.75, 3.05) is 0 Å². The Balaban J connectivity index is 2.13. The fourth-order valence-electron chi connectivity index (χ4n) is 1.91. The van der Waals surface area contributed by atoms with Gasteiger partial charge in [-0.25, -0.2) is 4.79 Å². The lowest BCUT2D eigenvalue weighted by Gasteiger charge is -2.08. The summed E-state index contributed by atoms with van der Waals surface area (Å²) in [5, 5.41) is 19.6. The Bertz CT molecular complexity index is 643. The second-order valence-electron chi connectivity index (χ2n) is 4.16. The van der Waals surface area contributed by atoms with Crippen molar-refractivity contribution in [3.63, 3.8) is 0 Å². The Labute approximate surface area is 115 Å². The number of hydrogen-bond donors (Lipinski definition) is 2. The van der Waals surface area contributed by atoms with Gasteiger partial charge in [0, 0.05) is 19.8 Å². The van der Waals surface area contributed by atoms with E-state index in [4.69, 9.17) is 5.11 Å². The van der Waals surface area contributed by atoms with Crippen LogP contribution in [0.2, 0.25) is 0 Å². The fraction of sp³-hybridized carbons (Fsp3) is 0.333. The summed E-state index contributed by atoms with van der Waals surface area (Å²) in [7, 11) is 1.53. The number of amides is 1. The van der Waals surface area contributed by atoms with Gasteiger partial charge in [-0.15, -0.1) is 0 Å². The molecule has 0 fully saturated rings. The Morgan fingerprint density at radius 1 is 1.40 bits per heavy atom. The second-order valence-corrected chi connectivity index (χ2v) is 4.16. The summed E-state index contributed by atoms with van der Waals surface area (Å²) >= 11 is 0. The lowest BCUT2D eigenvalue weighted by molar-refractivity contribution is 0.0690. The molecule has 0 radical (unpaired) electrons. The summed E-state index contributed by atoms with van der Waals surface area (Å²) in [5.74, 6) is -1.66. The summed E-state index contributed by atoms with van der Waals surface area (Å²) in [5.41, 5.74) is 0.758. The van der Waals surface area contributed by atoms with Crippen LogP contribution in [0.5, 0.6) is 0 Å². The van der Waals surface area contributed by atoms with E-state index in [0.29, 0.717) is 6.54 Å². The normalized spacial score (nSPS) is 10.5. The molecule has 2 N–H and O–H groups in total. The first kappa shape index (κ1) is 13.8. The molecule has 0 aromatic carbocycles. The average molecular weight is 277 g/mol. The molecular weight excluding hydrogens is 262 g/mol. The van der Waals surface area contributed by atoms with Crippen LogP contribution in [0.1, 0.15) is 33.5 Å². The van der Waals surface area contributed by atoms with Crippen LogP contribution in [0.15, 0.2) is 18.5 Å². The van der Waals surface area contributed by atoms with Gasteiger partial charge < -0.3 is 10.4 Å². The van der Waals surface area contributed by atoms with Gasteiger partial charge in [-0.3, -0.25) is 14.2 Å². The Kier molecular flexibility index (Phi) is 3.83. The largest absolute Gasteiger partial charge is 0.478 e. The highest BCUT2D eigenvalue weighted by atomic mass is 16.4. The summed E-state index contributed by atoms with van der Waals surface area (Å²) < 4.78 is 3.00. The quantitative estimate of drug-likeness (QED) is 0.816. The van der Waals surface area contributed by atoms with Gasteiger partial charge in [-0.1, -0.05) is 0 Å². The Hall–Kier alpha value is -2.64. The number of carbonyl (C=O) groups excluding carboxylic acids is 1. The Morgan fingerprint density at radius 3 is 2.80 bits per heavy atom. The number of aromatic nitrogens is 4. The van der Waals surface area contributed by atoms with E-state index in [1.54, 1.807) is 16.9 Å². The third kappa shape index (κ3) is 2.53. The predicted octanol–water partition coefficient (Wildman–Crippen LogP) is 0.265. The molecule has 20 heavy (non-hydrogen) atoms. The maximum Gasteiger partial charge on any atom is 0.339 e. The topological polar surface area (TPSA) is 102 Å². The maximum absolute atomic E-state index is 12.1. The molecule has 0 aliphatic carbocycles. The maximum atomic E-state index is 12.1. The molecule has 0 saturated carbocycles. The number of nitrogens with zero attached hydrogens (tertiary/aromatic N) is 4. The molecule has 0 atom stereocenters. The van der Waals surface area contributed by atoms with Crippen LogP contribution >= 0.6 is 0 Å². The summed E-state index contributed by atoms with van der Waals surface area (Å²) in [6, 6.07) is 1.80. The van der Waals surface area contributed by atoms with Crippen LogP contribution in [-0.2, 0) is 20.1 Å². The first-order valence-corrected chi connectivity index (χ1v) is 6.08. The van der Waals surface area contributed by atoms with Crippen molar-refractivity contribution in [1.82, 2.24) is 24.9 Å². The molecule has 2 aromatic rings. The fourth-order valence-corrected chi connectivity index (χ4v) is 1.91. The van der Waals surface area contributed by atoms with Gasteiger partial charge in [-0.05, 0) is 13.0 Å². The van der Waals surface area contributed by atoms with E-state index >= 15 is 0 Å². The minimum atomic E-state index is -1.18.